The van der Waals surface area contributed by atoms with E-state index in [0.29, 0.717) is 0 Å². The lowest BCUT2D eigenvalue weighted by molar-refractivity contribution is -0.0793. The van der Waals surface area contributed by atoms with Gasteiger partial charge in [-0.3, -0.25) is 4.79 Å². The Balaban J connectivity index is 1.55. The second-order valence-electron chi connectivity index (χ2n) is 8.75. The highest BCUT2D eigenvalue weighted by Gasteiger charge is 2.45. The third-order valence-corrected chi connectivity index (χ3v) is 5.39. The van der Waals surface area contributed by atoms with E-state index in [1.54, 1.807) is 0 Å². The van der Waals surface area contributed by atoms with Crippen molar-refractivity contribution in [3.05, 3.63) is 42.1 Å². The number of hydrogen-bond acceptors (Lipinski definition) is 7. The van der Waals surface area contributed by atoms with Crippen LogP contribution in [-0.4, -0.2) is 60.9 Å². The van der Waals surface area contributed by atoms with Gasteiger partial charge in [0.15, 0.2) is 11.5 Å². The van der Waals surface area contributed by atoms with Gasteiger partial charge in [-0.1, -0.05) is 0 Å². The Morgan fingerprint density at radius 2 is 2.06 bits per heavy atom. The van der Waals surface area contributed by atoms with Gasteiger partial charge in [0.25, 0.3) is 11.8 Å². The molecule has 1 amide bonds. The average molecular weight is 481 g/mol. The molecule has 0 bridgehead atoms. The number of aromatic nitrogens is 4. The van der Waals surface area contributed by atoms with E-state index in [0.717, 1.165) is 6.20 Å². The standard InChI is InChI=1S/C21H23F4N7O2/c1-20(2,34)15(23)10-27-19(33)12-8-26-17(5-14(12)29-11-6-21(24,25)7-11)30-16-3-4-32-18(31-16)13(22)9-28-32/h3-5,8-9,11,15,34H,6-7,10H2,1-2H3,(H,27,33)(H2,26,29,30,31). The summed E-state index contributed by atoms with van der Waals surface area (Å²) < 4.78 is 55.7. The lowest BCUT2D eigenvalue weighted by Gasteiger charge is -2.36. The Hall–Kier alpha value is -3.48. The zero-order chi connectivity index (χ0) is 24.7. The fraction of sp³-hybridized carbons (Fsp3) is 0.429. The van der Waals surface area contributed by atoms with E-state index in [4.69, 9.17) is 0 Å². The van der Waals surface area contributed by atoms with Gasteiger partial charge in [-0.25, -0.2) is 32.0 Å². The van der Waals surface area contributed by atoms with Crippen LogP contribution in [0.25, 0.3) is 5.65 Å². The van der Waals surface area contributed by atoms with Crippen molar-refractivity contribution >= 4 is 28.9 Å². The third-order valence-electron chi connectivity index (χ3n) is 5.39. The molecule has 182 valence electrons. The van der Waals surface area contributed by atoms with E-state index in [1.165, 1.54) is 42.9 Å². The maximum atomic E-state index is 14.0. The summed E-state index contributed by atoms with van der Waals surface area (Å²) in [5, 5.41) is 21.7. The predicted molar refractivity (Wildman–Crippen MR) is 116 cm³/mol. The quantitative estimate of drug-likeness (QED) is 0.366. The van der Waals surface area contributed by atoms with Crippen LogP contribution in [-0.2, 0) is 0 Å². The number of fused-ring (bicyclic) bond motifs is 1. The van der Waals surface area contributed by atoms with Crippen molar-refractivity contribution in [2.45, 2.75) is 50.4 Å². The van der Waals surface area contributed by atoms with Gasteiger partial charge in [-0.15, -0.1) is 0 Å². The van der Waals surface area contributed by atoms with Crippen molar-refractivity contribution in [3.63, 3.8) is 0 Å². The zero-order valence-electron chi connectivity index (χ0n) is 18.3. The highest BCUT2D eigenvalue weighted by Crippen LogP contribution is 2.39. The van der Waals surface area contributed by atoms with Gasteiger partial charge in [0.2, 0.25) is 0 Å². The molecule has 0 spiro atoms. The van der Waals surface area contributed by atoms with Crippen LogP contribution in [0.4, 0.5) is 34.9 Å². The Bertz CT molecular complexity index is 1200. The minimum atomic E-state index is -2.78. The lowest BCUT2D eigenvalue weighted by atomic mass is 9.88. The van der Waals surface area contributed by atoms with Gasteiger partial charge in [-0.2, -0.15) is 5.10 Å². The summed E-state index contributed by atoms with van der Waals surface area (Å²) in [7, 11) is 0. The molecule has 1 unspecified atom stereocenters. The first-order valence-electron chi connectivity index (χ1n) is 10.5. The van der Waals surface area contributed by atoms with Gasteiger partial charge < -0.3 is 21.1 Å². The highest BCUT2D eigenvalue weighted by molar-refractivity contribution is 6.00. The van der Waals surface area contributed by atoms with E-state index >= 15 is 0 Å². The third kappa shape index (κ3) is 5.19. The Morgan fingerprint density at radius 1 is 1.32 bits per heavy atom. The van der Waals surface area contributed by atoms with E-state index in [1.807, 2.05) is 0 Å². The lowest BCUT2D eigenvalue weighted by Crippen LogP contribution is -2.45. The number of carbonyl (C=O) groups excluding carboxylic acids is 1. The van der Waals surface area contributed by atoms with Crippen molar-refractivity contribution in [2.75, 3.05) is 17.2 Å². The number of anilines is 3. The van der Waals surface area contributed by atoms with Crippen molar-refractivity contribution < 1.29 is 27.5 Å². The molecular weight excluding hydrogens is 458 g/mol. The molecule has 0 aliphatic heterocycles. The smallest absolute Gasteiger partial charge is 0.255 e. The number of rotatable bonds is 8. The van der Waals surface area contributed by atoms with Crippen LogP contribution >= 0.6 is 0 Å². The zero-order valence-corrected chi connectivity index (χ0v) is 18.3. The van der Waals surface area contributed by atoms with Crippen LogP contribution in [0.2, 0.25) is 0 Å². The molecule has 1 aliphatic rings. The number of pyridine rings is 1. The molecule has 0 saturated heterocycles. The van der Waals surface area contributed by atoms with Crippen molar-refractivity contribution in [1.82, 2.24) is 24.9 Å². The van der Waals surface area contributed by atoms with Crippen LogP contribution < -0.4 is 16.0 Å². The van der Waals surface area contributed by atoms with E-state index in [-0.39, 0.29) is 28.5 Å². The highest BCUT2D eigenvalue weighted by atomic mass is 19.3. The molecule has 1 aliphatic carbocycles. The first-order valence-corrected chi connectivity index (χ1v) is 10.5. The molecule has 1 fully saturated rings. The number of alkyl halides is 3. The minimum absolute atomic E-state index is 0.00829. The SMILES string of the molecule is CC(C)(O)C(F)CNC(=O)c1cnc(Nc2ccn3ncc(F)c3n2)cc1NC1CC(F)(F)C1. The van der Waals surface area contributed by atoms with Crippen LogP contribution in [0, 0.1) is 5.82 Å². The van der Waals surface area contributed by atoms with Crippen molar-refractivity contribution in [1.29, 1.82) is 0 Å². The Kier molecular flexibility index (Phi) is 6.06. The number of nitrogens with zero attached hydrogens (tertiary/aromatic N) is 4. The molecule has 3 aromatic rings. The molecule has 34 heavy (non-hydrogen) atoms. The van der Waals surface area contributed by atoms with E-state index in [9.17, 15) is 27.5 Å². The summed E-state index contributed by atoms with van der Waals surface area (Å²) in [6.07, 6.45) is 1.19. The summed E-state index contributed by atoms with van der Waals surface area (Å²) in [5.74, 6) is -3.64. The molecular formula is C21H23F4N7O2. The molecule has 4 rings (SSSR count). The number of hydrogen-bond donors (Lipinski definition) is 4. The monoisotopic (exact) mass is 481 g/mol. The first-order chi connectivity index (χ1) is 15.9. The van der Waals surface area contributed by atoms with Gasteiger partial charge in [0.1, 0.15) is 17.8 Å². The summed E-state index contributed by atoms with van der Waals surface area (Å²) in [5.41, 5.74) is -1.45. The van der Waals surface area contributed by atoms with Crippen LogP contribution in [0.1, 0.15) is 37.0 Å². The molecule has 13 heteroatoms. The molecule has 9 nitrogen and oxygen atoms in total. The van der Waals surface area contributed by atoms with Gasteiger partial charge >= 0.3 is 0 Å². The molecule has 3 aromatic heterocycles. The van der Waals surface area contributed by atoms with Crippen LogP contribution in [0.3, 0.4) is 0 Å². The van der Waals surface area contributed by atoms with Crippen molar-refractivity contribution in [3.8, 4) is 0 Å². The minimum Gasteiger partial charge on any atom is -0.387 e. The second-order valence-corrected chi connectivity index (χ2v) is 8.75. The summed E-state index contributed by atoms with van der Waals surface area (Å²) in [6, 6.07) is 2.38. The number of carbonyl (C=O) groups is 1. The number of amides is 1. The molecule has 4 N–H and O–H groups in total. The van der Waals surface area contributed by atoms with Crippen LogP contribution in [0.5, 0.6) is 0 Å². The molecule has 0 radical (unpaired) electrons. The van der Waals surface area contributed by atoms with Gasteiger partial charge in [0.05, 0.1) is 29.6 Å². The summed E-state index contributed by atoms with van der Waals surface area (Å²) >= 11 is 0. The number of aliphatic hydroxyl groups is 1. The average Bonchev–Trinajstić information content (AvgIpc) is 3.10. The summed E-state index contributed by atoms with van der Waals surface area (Å²) in [6.45, 7) is 2.10. The fourth-order valence-corrected chi connectivity index (χ4v) is 3.38. The number of halogens is 4. The Morgan fingerprint density at radius 3 is 2.74 bits per heavy atom. The van der Waals surface area contributed by atoms with Gasteiger partial charge in [-0.05, 0) is 19.9 Å². The predicted octanol–water partition coefficient (Wildman–Crippen LogP) is 3.06. The molecule has 1 atom stereocenters. The maximum absolute atomic E-state index is 14.0. The van der Waals surface area contributed by atoms with Crippen LogP contribution in [0.15, 0.2) is 30.7 Å². The molecule has 3 heterocycles. The van der Waals surface area contributed by atoms with Crippen molar-refractivity contribution in [2.24, 2.45) is 0 Å². The normalized spacial score (nSPS) is 16.7. The molecule has 0 aromatic carbocycles. The summed E-state index contributed by atoms with van der Waals surface area (Å²) in [4.78, 5) is 20.9. The van der Waals surface area contributed by atoms with E-state index < -0.39 is 54.8 Å². The topological polar surface area (TPSA) is 116 Å². The van der Waals surface area contributed by atoms with Gasteiger partial charge in [0, 0.05) is 37.3 Å². The Labute approximate surface area is 191 Å². The largest absolute Gasteiger partial charge is 0.387 e. The van der Waals surface area contributed by atoms with E-state index in [2.05, 4.69) is 31.0 Å². The second kappa shape index (κ2) is 8.70. The molecule has 1 saturated carbocycles. The fourth-order valence-electron chi connectivity index (χ4n) is 3.38. The first kappa shape index (κ1) is 23.7. The maximum Gasteiger partial charge on any atom is 0.255 e. The number of nitrogens with one attached hydrogen (secondary N) is 3.